The molecule has 3 aromatic rings. The molecule has 0 aliphatic carbocycles. The van der Waals surface area contributed by atoms with Gasteiger partial charge in [-0.05, 0) is 56.2 Å². The van der Waals surface area contributed by atoms with Crippen LogP contribution in [0.25, 0.3) is 11.0 Å². The monoisotopic (exact) mass is 439 g/mol. The summed E-state index contributed by atoms with van der Waals surface area (Å²) in [6.45, 7) is 2.88. The number of aromatic nitrogens is 2. The predicted octanol–water partition coefficient (Wildman–Crippen LogP) is 2.88. The quantitative estimate of drug-likeness (QED) is 0.596. The zero-order chi connectivity index (χ0) is 22.0. The first-order chi connectivity index (χ1) is 14.9. The molecule has 1 aliphatic heterocycles. The Morgan fingerprint density at radius 1 is 1.23 bits per heavy atom. The average molecular weight is 440 g/mol. The highest BCUT2D eigenvalue weighted by molar-refractivity contribution is 6.30. The smallest absolute Gasteiger partial charge is 0.240 e. The molecule has 1 aromatic carbocycles. The number of hydrogen-bond donors (Lipinski definition) is 1. The summed E-state index contributed by atoms with van der Waals surface area (Å²) >= 11 is 5.91. The molecule has 160 valence electrons. The minimum atomic E-state index is -0.433. The molecule has 8 heteroatoms. The molecule has 0 spiro atoms. The minimum absolute atomic E-state index is 0.0209. The van der Waals surface area contributed by atoms with Crippen molar-refractivity contribution in [1.29, 1.82) is 0 Å². The van der Waals surface area contributed by atoms with E-state index in [0.29, 0.717) is 35.1 Å². The maximum absolute atomic E-state index is 13.0. The SMILES string of the molecule is Cc1ccc2c(=O)c(C(=O)c3ccc(Cl)cc3)cn(CC(=O)NCC3CCCO3)c2n1. The van der Waals surface area contributed by atoms with Gasteiger partial charge < -0.3 is 14.6 Å². The number of carbonyl (C=O) groups is 2. The number of fused-ring (bicyclic) bond motifs is 1. The largest absolute Gasteiger partial charge is 0.376 e. The van der Waals surface area contributed by atoms with Gasteiger partial charge in [-0.2, -0.15) is 0 Å². The first-order valence-corrected chi connectivity index (χ1v) is 10.5. The Balaban J connectivity index is 1.69. The van der Waals surface area contributed by atoms with Gasteiger partial charge in [-0.1, -0.05) is 11.6 Å². The van der Waals surface area contributed by atoms with Crippen LogP contribution in [0.15, 0.2) is 47.4 Å². The zero-order valence-electron chi connectivity index (χ0n) is 17.1. The number of rotatable bonds is 6. The third-order valence-electron chi connectivity index (χ3n) is 5.28. The number of hydrogen-bond acceptors (Lipinski definition) is 5. The molecule has 0 saturated carbocycles. The Morgan fingerprint density at radius 2 is 2.00 bits per heavy atom. The van der Waals surface area contributed by atoms with E-state index < -0.39 is 11.2 Å². The summed E-state index contributed by atoms with van der Waals surface area (Å²) in [4.78, 5) is 43.1. The second-order valence-electron chi connectivity index (χ2n) is 7.60. The van der Waals surface area contributed by atoms with Gasteiger partial charge in [-0.15, -0.1) is 0 Å². The van der Waals surface area contributed by atoms with Crippen molar-refractivity contribution in [1.82, 2.24) is 14.9 Å². The standard InChI is InChI=1S/C23H22ClN3O4/c1-14-4-9-18-22(30)19(21(29)15-5-7-16(24)8-6-15)12-27(23(18)26-14)13-20(28)25-11-17-3-2-10-31-17/h4-9,12,17H,2-3,10-11,13H2,1H3,(H,25,28). The number of amides is 1. The first kappa shape index (κ1) is 21.2. The highest BCUT2D eigenvalue weighted by atomic mass is 35.5. The van der Waals surface area contributed by atoms with Crippen molar-refractivity contribution in [3.63, 3.8) is 0 Å². The Hall–Kier alpha value is -3.03. The summed E-state index contributed by atoms with van der Waals surface area (Å²) in [6, 6.07) is 9.68. The number of nitrogens with one attached hydrogen (secondary N) is 1. The minimum Gasteiger partial charge on any atom is -0.376 e. The lowest BCUT2D eigenvalue weighted by Crippen LogP contribution is -2.34. The molecule has 1 aliphatic rings. The number of aryl methyl sites for hydroxylation is 1. The fourth-order valence-corrected chi connectivity index (χ4v) is 3.77. The molecule has 1 saturated heterocycles. The molecule has 2 aromatic heterocycles. The maximum atomic E-state index is 13.0. The summed E-state index contributed by atoms with van der Waals surface area (Å²) in [5.74, 6) is -0.675. The van der Waals surface area contributed by atoms with Crippen molar-refractivity contribution in [3.05, 3.63) is 74.7 Å². The van der Waals surface area contributed by atoms with E-state index in [1.54, 1.807) is 47.9 Å². The van der Waals surface area contributed by atoms with Crippen LogP contribution >= 0.6 is 11.6 Å². The molecule has 0 radical (unpaired) electrons. The average Bonchev–Trinajstić information content (AvgIpc) is 3.28. The number of benzene rings is 1. The third kappa shape index (κ3) is 4.68. The molecule has 1 atom stereocenters. The van der Waals surface area contributed by atoms with E-state index in [9.17, 15) is 14.4 Å². The van der Waals surface area contributed by atoms with E-state index >= 15 is 0 Å². The molecular formula is C23H22ClN3O4. The fraction of sp³-hybridized carbons (Fsp3) is 0.304. The number of halogens is 1. The molecule has 1 fully saturated rings. The summed E-state index contributed by atoms with van der Waals surface area (Å²) in [6.07, 6.45) is 3.35. The van der Waals surface area contributed by atoms with Crippen LogP contribution in [0, 0.1) is 6.92 Å². The first-order valence-electron chi connectivity index (χ1n) is 10.1. The summed E-state index contributed by atoms with van der Waals surface area (Å²) in [5, 5.41) is 3.65. The van der Waals surface area contributed by atoms with Crippen LogP contribution in [0.3, 0.4) is 0 Å². The number of ketones is 1. The molecule has 7 nitrogen and oxygen atoms in total. The van der Waals surface area contributed by atoms with Crippen molar-refractivity contribution in [2.24, 2.45) is 0 Å². The van der Waals surface area contributed by atoms with Gasteiger partial charge in [0.1, 0.15) is 12.2 Å². The Labute approximate surface area is 184 Å². The van der Waals surface area contributed by atoms with Crippen LogP contribution in [0.5, 0.6) is 0 Å². The van der Waals surface area contributed by atoms with Gasteiger partial charge in [0, 0.05) is 35.6 Å². The molecule has 4 rings (SSSR count). The topological polar surface area (TPSA) is 90.3 Å². The van der Waals surface area contributed by atoms with E-state index in [-0.39, 0.29) is 29.5 Å². The van der Waals surface area contributed by atoms with Crippen LogP contribution in [-0.4, -0.2) is 40.5 Å². The van der Waals surface area contributed by atoms with E-state index in [0.717, 1.165) is 12.8 Å². The Kier molecular flexibility index (Phi) is 6.15. The lowest BCUT2D eigenvalue weighted by molar-refractivity contribution is -0.122. The fourth-order valence-electron chi connectivity index (χ4n) is 3.64. The molecule has 1 unspecified atom stereocenters. The second-order valence-corrected chi connectivity index (χ2v) is 8.04. The van der Waals surface area contributed by atoms with Gasteiger partial charge in [-0.3, -0.25) is 14.4 Å². The summed E-state index contributed by atoms with van der Waals surface area (Å²) < 4.78 is 7.09. The highest BCUT2D eigenvalue weighted by Crippen LogP contribution is 2.16. The van der Waals surface area contributed by atoms with Crippen molar-refractivity contribution in [2.45, 2.75) is 32.4 Å². The Morgan fingerprint density at radius 3 is 2.71 bits per heavy atom. The molecule has 3 heterocycles. The van der Waals surface area contributed by atoms with Crippen LogP contribution < -0.4 is 10.7 Å². The number of carbonyl (C=O) groups excluding carboxylic acids is 2. The van der Waals surface area contributed by atoms with Gasteiger partial charge in [0.2, 0.25) is 11.3 Å². The summed E-state index contributed by atoms with van der Waals surface area (Å²) in [7, 11) is 0. The van der Waals surface area contributed by atoms with Gasteiger partial charge in [0.05, 0.1) is 17.1 Å². The second kappa shape index (κ2) is 8.99. The molecular weight excluding hydrogens is 418 g/mol. The number of ether oxygens (including phenoxy) is 1. The lowest BCUT2D eigenvalue weighted by atomic mass is 10.0. The Bertz CT molecular complexity index is 1200. The van der Waals surface area contributed by atoms with Gasteiger partial charge in [0.15, 0.2) is 5.78 Å². The molecule has 0 bridgehead atoms. The number of pyridine rings is 2. The summed E-state index contributed by atoms with van der Waals surface area (Å²) in [5.41, 5.74) is 0.975. The van der Waals surface area contributed by atoms with Crippen molar-refractivity contribution in [2.75, 3.05) is 13.2 Å². The predicted molar refractivity (Wildman–Crippen MR) is 118 cm³/mol. The zero-order valence-corrected chi connectivity index (χ0v) is 17.8. The van der Waals surface area contributed by atoms with Crippen LogP contribution in [0.2, 0.25) is 5.02 Å². The number of nitrogens with zero attached hydrogens (tertiary/aromatic N) is 2. The van der Waals surface area contributed by atoms with Gasteiger partial charge in [0.25, 0.3) is 0 Å². The van der Waals surface area contributed by atoms with E-state index in [1.807, 2.05) is 0 Å². The van der Waals surface area contributed by atoms with Crippen LogP contribution in [0.4, 0.5) is 0 Å². The molecule has 1 amide bonds. The van der Waals surface area contributed by atoms with E-state index in [1.165, 1.54) is 6.20 Å². The van der Waals surface area contributed by atoms with Gasteiger partial charge >= 0.3 is 0 Å². The normalized spacial score (nSPS) is 15.9. The molecule has 1 N–H and O–H groups in total. The molecule has 31 heavy (non-hydrogen) atoms. The van der Waals surface area contributed by atoms with Crippen molar-refractivity contribution in [3.8, 4) is 0 Å². The lowest BCUT2D eigenvalue weighted by Gasteiger charge is -2.14. The van der Waals surface area contributed by atoms with Crippen LogP contribution in [-0.2, 0) is 16.1 Å². The highest BCUT2D eigenvalue weighted by Gasteiger charge is 2.20. The van der Waals surface area contributed by atoms with Crippen LogP contribution in [0.1, 0.15) is 34.5 Å². The van der Waals surface area contributed by atoms with E-state index in [4.69, 9.17) is 16.3 Å². The van der Waals surface area contributed by atoms with Gasteiger partial charge in [-0.25, -0.2) is 4.98 Å². The third-order valence-corrected chi connectivity index (χ3v) is 5.53. The van der Waals surface area contributed by atoms with Crippen molar-refractivity contribution >= 4 is 34.3 Å². The maximum Gasteiger partial charge on any atom is 0.240 e. The van der Waals surface area contributed by atoms with Crippen molar-refractivity contribution < 1.29 is 14.3 Å². The van der Waals surface area contributed by atoms with E-state index in [2.05, 4.69) is 10.3 Å².